The summed E-state index contributed by atoms with van der Waals surface area (Å²) in [5.41, 5.74) is 20.6. The van der Waals surface area contributed by atoms with Crippen LogP contribution < -0.4 is 9.80 Å². The van der Waals surface area contributed by atoms with Crippen LogP contribution >= 0.6 is 0 Å². The van der Waals surface area contributed by atoms with Gasteiger partial charge in [-0.3, -0.25) is 0 Å². The predicted molar refractivity (Wildman–Crippen MR) is 224 cm³/mol. The maximum atomic E-state index is 2.41. The molecule has 252 valence electrons. The monoisotopic (exact) mass is 670 g/mol. The van der Waals surface area contributed by atoms with Crippen molar-refractivity contribution in [3.63, 3.8) is 0 Å². The SMILES string of the molecule is Cc1ccccc1N(c1ccccc1)c1ccc2c(C)c3c(c(C)c2c1)-c1c-3c(C)c2ccc(N(c3ccccc3)c3ccccc3C)cc2c1C. The number of hydrogen-bond acceptors (Lipinski definition) is 2. The second-order valence-electron chi connectivity index (χ2n) is 14.4. The molecule has 0 fully saturated rings. The maximum absolute atomic E-state index is 2.41. The van der Waals surface area contributed by atoms with Gasteiger partial charge in [0.25, 0.3) is 0 Å². The van der Waals surface area contributed by atoms with E-state index in [4.69, 9.17) is 0 Å². The van der Waals surface area contributed by atoms with E-state index < -0.39 is 0 Å². The van der Waals surface area contributed by atoms with E-state index in [9.17, 15) is 0 Å². The summed E-state index contributed by atoms with van der Waals surface area (Å²) in [4.78, 5) is 4.79. The molecule has 1 aliphatic carbocycles. The van der Waals surface area contributed by atoms with Gasteiger partial charge in [0.1, 0.15) is 0 Å². The lowest BCUT2D eigenvalue weighted by molar-refractivity contribution is 1.25. The molecule has 1 aliphatic rings. The fraction of sp³-hybridized carbons (Fsp3) is 0.120. The fourth-order valence-electron chi connectivity index (χ4n) is 8.73. The van der Waals surface area contributed by atoms with Gasteiger partial charge in [-0.2, -0.15) is 0 Å². The Morgan fingerprint density at radius 1 is 0.288 bits per heavy atom. The molecule has 52 heavy (non-hydrogen) atoms. The Bertz CT molecular complexity index is 2500. The van der Waals surface area contributed by atoms with E-state index in [2.05, 4.69) is 197 Å². The Kier molecular flexibility index (Phi) is 7.52. The van der Waals surface area contributed by atoms with Crippen LogP contribution in [0.25, 0.3) is 43.8 Å². The number of anilines is 6. The number of fused-ring (bicyclic) bond motifs is 6. The van der Waals surface area contributed by atoms with Crippen LogP contribution in [0.3, 0.4) is 0 Å². The number of nitrogens with zero attached hydrogens (tertiary/aromatic N) is 2. The number of rotatable bonds is 6. The average molecular weight is 671 g/mol. The smallest absolute Gasteiger partial charge is 0.0490 e. The number of benzene rings is 8. The lowest BCUT2D eigenvalue weighted by atomic mass is 9.69. The molecule has 0 saturated carbocycles. The molecule has 2 nitrogen and oxygen atoms in total. The van der Waals surface area contributed by atoms with Gasteiger partial charge < -0.3 is 9.80 Å². The maximum Gasteiger partial charge on any atom is 0.0490 e. The molecule has 0 bridgehead atoms. The van der Waals surface area contributed by atoms with Crippen molar-refractivity contribution < 1.29 is 0 Å². The van der Waals surface area contributed by atoms with Gasteiger partial charge in [-0.1, -0.05) is 84.9 Å². The molecule has 8 aromatic rings. The zero-order valence-electron chi connectivity index (χ0n) is 30.8. The minimum atomic E-state index is 1.16. The zero-order valence-corrected chi connectivity index (χ0v) is 30.8. The topological polar surface area (TPSA) is 6.48 Å². The second-order valence-corrected chi connectivity index (χ2v) is 14.4. The molecule has 0 heterocycles. The highest BCUT2D eigenvalue weighted by Crippen LogP contribution is 2.58. The summed E-state index contributed by atoms with van der Waals surface area (Å²) in [6.07, 6.45) is 0. The number of hydrogen-bond donors (Lipinski definition) is 0. The highest BCUT2D eigenvalue weighted by Gasteiger charge is 2.33. The lowest BCUT2D eigenvalue weighted by Crippen LogP contribution is -2.13. The molecule has 0 spiro atoms. The summed E-state index contributed by atoms with van der Waals surface area (Å²) in [7, 11) is 0. The normalized spacial score (nSPS) is 11.7. The van der Waals surface area contributed by atoms with Crippen molar-refractivity contribution in [1.29, 1.82) is 0 Å². The molecule has 0 radical (unpaired) electrons. The van der Waals surface area contributed by atoms with Crippen LogP contribution in [0.5, 0.6) is 0 Å². The van der Waals surface area contributed by atoms with E-state index in [-0.39, 0.29) is 0 Å². The molecule has 0 saturated heterocycles. The highest BCUT2D eigenvalue weighted by atomic mass is 15.1. The molecule has 0 aliphatic heterocycles. The predicted octanol–water partition coefficient (Wildman–Crippen LogP) is 14.4. The van der Waals surface area contributed by atoms with Gasteiger partial charge in [0.15, 0.2) is 0 Å². The zero-order chi connectivity index (χ0) is 35.7. The van der Waals surface area contributed by atoms with Crippen LogP contribution in [0.1, 0.15) is 33.4 Å². The van der Waals surface area contributed by atoms with E-state index in [1.807, 2.05) is 0 Å². The summed E-state index contributed by atoms with van der Waals surface area (Å²) in [6, 6.07) is 52.9. The summed E-state index contributed by atoms with van der Waals surface area (Å²) >= 11 is 0. The van der Waals surface area contributed by atoms with Crippen LogP contribution in [0.4, 0.5) is 34.1 Å². The summed E-state index contributed by atoms with van der Waals surface area (Å²) in [6.45, 7) is 13.7. The van der Waals surface area contributed by atoms with Crippen molar-refractivity contribution in [3.05, 3.63) is 179 Å². The van der Waals surface area contributed by atoms with Crippen LogP contribution in [-0.2, 0) is 0 Å². The number of para-hydroxylation sites is 4. The molecule has 0 unspecified atom stereocenters. The van der Waals surface area contributed by atoms with Crippen molar-refractivity contribution in [2.75, 3.05) is 9.80 Å². The van der Waals surface area contributed by atoms with E-state index in [1.54, 1.807) is 0 Å². The van der Waals surface area contributed by atoms with Crippen molar-refractivity contribution in [1.82, 2.24) is 0 Å². The van der Waals surface area contributed by atoms with Crippen molar-refractivity contribution in [2.45, 2.75) is 41.5 Å². The van der Waals surface area contributed by atoms with Crippen molar-refractivity contribution in [3.8, 4) is 22.3 Å². The van der Waals surface area contributed by atoms with Gasteiger partial charge in [0.2, 0.25) is 0 Å². The first-order chi connectivity index (χ1) is 25.3. The minimum absolute atomic E-state index is 1.16. The van der Waals surface area contributed by atoms with Crippen LogP contribution in [0, 0.1) is 41.5 Å². The summed E-state index contributed by atoms with van der Waals surface area (Å²) < 4.78 is 0. The van der Waals surface area contributed by atoms with Crippen molar-refractivity contribution >= 4 is 55.7 Å². The third kappa shape index (κ3) is 4.78. The summed E-state index contributed by atoms with van der Waals surface area (Å²) in [5.74, 6) is 0. The third-order valence-corrected chi connectivity index (χ3v) is 11.4. The molecule has 8 aromatic carbocycles. The quantitative estimate of drug-likeness (QED) is 0.174. The molecule has 0 N–H and O–H groups in total. The Balaban J connectivity index is 1.23. The fourth-order valence-corrected chi connectivity index (χ4v) is 8.73. The first-order valence-corrected chi connectivity index (χ1v) is 18.3. The minimum Gasteiger partial charge on any atom is -0.310 e. The molecule has 0 aromatic heterocycles. The molecular weight excluding hydrogens is 629 g/mol. The van der Waals surface area contributed by atoms with Gasteiger partial charge in [-0.25, -0.2) is 0 Å². The van der Waals surface area contributed by atoms with Gasteiger partial charge in [0, 0.05) is 34.1 Å². The van der Waals surface area contributed by atoms with Gasteiger partial charge in [-0.05, 0) is 179 Å². The van der Waals surface area contributed by atoms with Crippen LogP contribution in [0.2, 0.25) is 0 Å². The molecule has 9 rings (SSSR count). The van der Waals surface area contributed by atoms with Gasteiger partial charge in [-0.15, -0.1) is 0 Å². The lowest BCUT2D eigenvalue weighted by Gasteiger charge is -2.35. The molecule has 0 atom stereocenters. The Morgan fingerprint density at radius 2 is 0.615 bits per heavy atom. The molecule has 0 amide bonds. The van der Waals surface area contributed by atoms with Gasteiger partial charge in [0.05, 0.1) is 0 Å². The Morgan fingerprint density at radius 3 is 0.981 bits per heavy atom. The van der Waals surface area contributed by atoms with E-state index in [0.717, 1.165) is 11.4 Å². The Labute approximate surface area is 307 Å². The second kappa shape index (κ2) is 12.3. The largest absolute Gasteiger partial charge is 0.310 e. The van der Waals surface area contributed by atoms with E-state index in [1.165, 1.54) is 99.9 Å². The van der Waals surface area contributed by atoms with Crippen molar-refractivity contribution in [2.24, 2.45) is 0 Å². The first kappa shape index (κ1) is 31.8. The molecular formula is C50H42N2. The molecule has 2 heteroatoms. The Hall–Kier alpha value is -6.12. The number of aryl methyl sites for hydroxylation is 6. The highest BCUT2D eigenvalue weighted by molar-refractivity contribution is 6.19. The average Bonchev–Trinajstić information content (AvgIpc) is 3.16. The third-order valence-electron chi connectivity index (χ3n) is 11.4. The first-order valence-electron chi connectivity index (χ1n) is 18.3. The van der Waals surface area contributed by atoms with Gasteiger partial charge >= 0.3 is 0 Å². The van der Waals surface area contributed by atoms with E-state index in [0.29, 0.717) is 0 Å². The van der Waals surface area contributed by atoms with E-state index >= 15 is 0 Å². The van der Waals surface area contributed by atoms with Crippen LogP contribution in [-0.4, -0.2) is 0 Å². The standard InChI is InChI=1S/C50H42N2/c1-31-17-13-15-23-45(31)51(37-19-9-7-10-20-37)39-25-27-41-33(3)47-48-34(4)42-28-26-40(30-44(42)36(6)50(48)49(47)35(5)43(41)29-39)52(38-21-11-8-12-22-38)46-24-16-14-18-32(46)2/h7-30H,1-6H3. The van der Waals surface area contributed by atoms with Crippen LogP contribution in [0.15, 0.2) is 146 Å². The summed E-state index contributed by atoms with van der Waals surface area (Å²) in [5, 5.41) is 5.28.